The molecule has 1 N–H and O–H groups in total. The lowest BCUT2D eigenvalue weighted by Crippen LogP contribution is -2.43. The third kappa shape index (κ3) is 4.71. The lowest BCUT2D eigenvalue weighted by molar-refractivity contribution is -0.125. The number of pyridine rings is 1. The van der Waals surface area contributed by atoms with Crippen molar-refractivity contribution in [1.82, 2.24) is 20.5 Å². The Kier molecular flexibility index (Phi) is 6.00. The molecule has 1 amide bonds. The van der Waals surface area contributed by atoms with Crippen molar-refractivity contribution in [2.45, 2.75) is 19.4 Å². The SMILES string of the molecule is O=C(NCc1ccccc1Cl)C1CCCN(c2ccc(-c3ccncc3)nn2)C1. The van der Waals surface area contributed by atoms with E-state index >= 15 is 0 Å². The highest BCUT2D eigenvalue weighted by Crippen LogP contribution is 2.23. The molecule has 0 spiro atoms. The Morgan fingerprint density at radius 2 is 1.93 bits per heavy atom. The van der Waals surface area contributed by atoms with Gasteiger partial charge in [-0.05, 0) is 48.7 Å². The van der Waals surface area contributed by atoms with Crippen molar-refractivity contribution >= 4 is 23.3 Å². The standard InChI is InChI=1S/C22H22ClN5O/c23-19-6-2-1-4-17(19)14-25-22(29)18-5-3-13-28(15-18)21-8-7-20(26-27-21)16-9-11-24-12-10-16/h1-2,4,6-12,18H,3,5,13-15H2,(H,25,29). The molecule has 0 saturated carbocycles. The third-order valence-electron chi connectivity index (χ3n) is 5.15. The van der Waals surface area contributed by atoms with E-state index in [1.807, 2.05) is 48.5 Å². The van der Waals surface area contributed by atoms with Gasteiger partial charge in [-0.2, -0.15) is 0 Å². The van der Waals surface area contributed by atoms with Crippen LogP contribution in [0.25, 0.3) is 11.3 Å². The summed E-state index contributed by atoms with van der Waals surface area (Å²) in [4.78, 5) is 18.8. The van der Waals surface area contributed by atoms with Crippen LogP contribution in [0.4, 0.5) is 5.82 Å². The lowest BCUT2D eigenvalue weighted by atomic mass is 9.97. The van der Waals surface area contributed by atoms with Gasteiger partial charge in [0, 0.05) is 42.6 Å². The fraction of sp³-hybridized carbons (Fsp3) is 0.273. The average Bonchev–Trinajstić information content (AvgIpc) is 2.79. The number of benzene rings is 1. The number of anilines is 1. The lowest BCUT2D eigenvalue weighted by Gasteiger charge is -2.32. The van der Waals surface area contributed by atoms with Gasteiger partial charge in [-0.1, -0.05) is 29.8 Å². The number of hydrogen-bond acceptors (Lipinski definition) is 5. The number of amides is 1. The summed E-state index contributed by atoms with van der Waals surface area (Å²) in [6, 6.07) is 15.3. The van der Waals surface area contributed by atoms with Gasteiger partial charge in [0.2, 0.25) is 5.91 Å². The summed E-state index contributed by atoms with van der Waals surface area (Å²) in [5.74, 6) is 0.773. The number of nitrogens with zero attached hydrogens (tertiary/aromatic N) is 4. The number of nitrogens with one attached hydrogen (secondary N) is 1. The molecular formula is C22H22ClN5O. The Labute approximate surface area is 174 Å². The topological polar surface area (TPSA) is 71.0 Å². The summed E-state index contributed by atoms with van der Waals surface area (Å²) in [6.45, 7) is 1.95. The molecule has 29 heavy (non-hydrogen) atoms. The third-order valence-corrected chi connectivity index (χ3v) is 5.52. The van der Waals surface area contributed by atoms with Crippen LogP contribution in [0, 0.1) is 5.92 Å². The average molecular weight is 408 g/mol. The largest absolute Gasteiger partial charge is 0.354 e. The Morgan fingerprint density at radius 1 is 1.10 bits per heavy atom. The molecule has 1 aliphatic heterocycles. The number of carbonyl (C=O) groups is 1. The molecule has 3 heterocycles. The van der Waals surface area contributed by atoms with Crippen molar-refractivity contribution in [2.75, 3.05) is 18.0 Å². The first kappa shape index (κ1) is 19.3. The molecule has 1 aromatic carbocycles. The van der Waals surface area contributed by atoms with Crippen LogP contribution in [0.1, 0.15) is 18.4 Å². The smallest absolute Gasteiger partial charge is 0.225 e. The van der Waals surface area contributed by atoms with Gasteiger partial charge in [0.15, 0.2) is 5.82 Å². The summed E-state index contributed by atoms with van der Waals surface area (Å²) in [5.41, 5.74) is 2.71. The van der Waals surface area contributed by atoms with E-state index in [1.54, 1.807) is 12.4 Å². The molecule has 1 fully saturated rings. The molecule has 4 rings (SSSR count). The van der Waals surface area contributed by atoms with Crippen LogP contribution in [0.15, 0.2) is 60.9 Å². The summed E-state index contributed by atoms with van der Waals surface area (Å²) in [7, 11) is 0. The second-order valence-electron chi connectivity index (χ2n) is 7.11. The second kappa shape index (κ2) is 9.01. The summed E-state index contributed by atoms with van der Waals surface area (Å²) >= 11 is 6.18. The van der Waals surface area contributed by atoms with Crippen molar-refractivity contribution in [2.24, 2.45) is 5.92 Å². The van der Waals surface area contributed by atoms with E-state index < -0.39 is 0 Å². The zero-order chi connectivity index (χ0) is 20.1. The maximum atomic E-state index is 12.7. The van der Waals surface area contributed by atoms with Gasteiger partial charge in [0.1, 0.15) is 0 Å². The first-order valence-corrected chi connectivity index (χ1v) is 10.1. The van der Waals surface area contributed by atoms with E-state index in [1.165, 1.54) is 0 Å². The zero-order valence-corrected chi connectivity index (χ0v) is 16.7. The summed E-state index contributed by atoms with van der Waals surface area (Å²) in [5, 5.41) is 12.4. The van der Waals surface area contributed by atoms with Crippen LogP contribution in [0.3, 0.4) is 0 Å². The maximum Gasteiger partial charge on any atom is 0.225 e. The van der Waals surface area contributed by atoms with Crippen LogP contribution in [0.5, 0.6) is 0 Å². The molecule has 0 bridgehead atoms. The van der Waals surface area contributed by atoms with Gasteiger partial charge in [0.05, 0.1) is 11.6 Å². The van der Waals surface area contributed by atoms with Gasteiger partial charge >= 0.3 is 0 Å². The van der Waals surface area contributed by atoms with Gasteiger partial charge in [-0.15, -0.1) is 10.2 Å². The normalized spacial score (nSPS) is 16.4. The van der Waals surface area contributed by atoms with Crippen molar-refractivity contribution < 1.29 is 4.79 Å². The fourth-order valence-corrected chi connectivity index (χ4v) is 3.74. The molecule has 1 aliphatic rings. The molecule has 0 radical (unpaired) electrons. The number of aromatic nitrogens is 3. The quantitative estimate of drug-likeness (QED) is 0.697. The Morgan fingerprint density at radius 3 is 2.69 bits per heavy atom. The van der Waals surface area contributed by atoms with Crippen LogP contribution in [-0.4, -0.2) is 34.2 Å². The number of hydrogen-bond donors (Lipinski definition) is 1. The molecule has 6 nitrogen and oxygen atoms in total. The minimum absolute atomic E-state index is 0.0518. The minimum Gasteiger partial charge on any atom is -0.354 e. The van der Waals surface area contributed by atoms with Crippen LogP contribution in [0.2, 0.25) is 5.02 Å². The molecular weight excluding hydrogens is 386 g/mol. The van der Waals surface area contributed by atoms with E-state index in [2.05, 4.69) is 25.4 Å². The molecule has 7 heteroatoms. The highest BCUT2D eigenvalue weighted by atomic mass is 35.5. The van der Waals surface area contributed by atoms with Gasteiger partial charge in [0.25, 0.3) is 0 Å². The first-order chi connectivity index (χ1) is 14.2. The fourth-order valence-electron chi connectivity index (χ4n) is 3.54. The van der Waals surface area contributed by atoms with Crippen molar-refractivity contribution in [3.8, 4) is 11.3 Å². The van der Waals surface area contributed by atoms with Crippen molar-refractivity contribution in [3.63, 3.8) is 0 Å². The Balaban J connectivity index is 1.38. The van der Waals surface area contributed by atoms with Crippen LogP contribution >= 0.6 is 11.6 Å². The predicted octanol–water partition coefficient (Wildman–Crippen LogP) is 3.72. The summed E-state index contributed by atoms with van der Waals surface area (Å²) < 4.78 is 0. The molecule has 3 aromatic rings. The van der Waals surface area contributed by atoms with Gasteiger partial charge in [-0.3, -0.25) is 9.78 Å². The molecule has 2 aromatic heterocycles. The second-order valence-corrected chi connectivity index (χ2v) is 7.51. The van der Waals surface area contributed by atoms with E-state index in [0.717, 1.165) is 42.0 Å². The first-order valence-electron chi connectivity index (χ1n) is 9.71. The van der Waals surface area contributed by atoms with Gasteiger partial charge in [-0.25, -0.2) is 0 Å². The highest BCUT2D eigenvalue weighted by molar-refractivity contribution is 6.31. The van der Waals surface area contributed by atoms with Gasteiger partial charge < -0.3 is 10.2 Å². The van der Waals surface area contributed by atoms with Crippen LogP contribution < -0.4 is 10.2 Å². The number of rotatable bonds is 5. The highest BCUT2D eigenvalue weighted by Gasteiger charge is 2.26. The molecule has 0 aliphatic carbocycles. The van der Waals surface area contributed by atoms with E-state index in [0.29, 0.717) is 18.1 Å². The maximum absolute atomic E-state index is 12.7. The monoisotopic (exact) mass is 407 g/mol. The zero-order valence-electron chi connectivity index (χ0n) is 16.0. The molecule has 1 unspecified atom stereocenters. The van der Waals surface area contributed by atoms with Crippen molar-refractivity contribution in [3.05, 3.63) is 71.5 Å². The van der Waals surface area contributed by atoms with E-state index in [4.69, 9.17) is 11.6 Å². The van der Waals surface area contributed by atoms with E-state index in [9.17, 15) is 4.79 Å². The minimum atomic E-state index is -0.0760. The summed E-state index contributed by atoms with van der Waals surface area (Å²) in [6.07, 6.45) is 5.29. The van der Waals surface area contributed by atoms with Crippen LogP contribution in [-0.2, 0) is 11.3 Å². The van der Waals surface area contributed by atoms with Crippen molar-refractivity contribution in [1.29, 1.82) is 0 Å². The molecule has 1 atom stereocenters. The predicted molar refractivity (Wildman–Crippen MR) is 113 cm³/mol. The number of piperidine rings is 1. The number of carbonyl (C=O) groups excluding carboxylic acids is 1. The Bertz CT molecular complexity index is 964. The number of halogens is 1. The molecule has 1 saturated heterocycles. The molecule has 148 valence electrons. The Hall–Kier alpha value is -2.99. The van der Waals surface area contributed by atoms with E-state index in [-0.39, 0.29) is 11.8 Å².